The molecule has 0 saturated heterocycles. The van der Waals surface area contributed by atoms with Gasteiger partial charge in [0, 0.05) is 11.3 Å². The Balaban J connectivity index is 1.90. The Morgan fingerprint density at radius 3 is 2.37 bits per heavy atom. The molecule has 8 nitrogen and oxygen atoms in total. The topological polar surface area (TPSA) is 106 Å². The maximum atomic E-state index is 13.6. The number of benzene rings is 2. The normalized spacial score (nSPS) is 11.8. The first-order valence-electron chi connectivity index (χ1n) is 9.16. The van der Waals surface area contributed by atoms with Gasteiger partial charge in [-0.15, -0.1) is 0 Å². The third-order valence-electron chi connectivity index (χ3n) is 3.58. The van der Waals surface area contributed by atoms with Crippen LogP contribution in [0.4, 0.5) is 14.9 Å². The Labute approximate surface area is 173 Å². The van der Waals surface area contributed by atoms with Gasteiger partial charge in [-0.1, -0.05) is 18.2 Å². The van der Waals surface area contributed by atoms with Crippen molar-refractivity contribution in [1.82, 2.24) is 10.9 Å². The minimum absolute atomic E-state index is 0.0765. The van der Waals surface area contributed by atoms with Gasteiger partial charge in [-0.05, 0) is 58.0 Å². The van der Waals surface area contributed by atoms with Gasteiger partial charge in [0.2, 0.25) is 0 Å². The second kappa shape index (κ2) is 9.73. The molecule has 2 aromatic rings. The number of hydrogen-bond donors (Lipinski definition) is 3. The number of ether oxygens (including phenoxy) is 2. The highest BCUT2D eigenvalue weighted by Crippen LogP contribution is 2.17. The van der Waals surface area contributed by atoms with Gasteiger partial charge in [0.15, 0.2) is 17.7 Å². The first-order valence-corrected chi connectivity index (χ1v) is 9.16. The van der Waals surface area contributed by atoms with Crippen LogP contribution in [-0.4, -0.2) is 29.6 Å². The lowest BCUT2D eigenvalue weighted by Crippen LogP contribution is -2.47. The number of para-hydroxylation sites is 1. The van der Waals surface area contributed by atoms with Gasteiger partial charge in [-0.2, -0.15) is 0 Å². The van der Waals surface area contributed by atoms with E-state index in [2.05, 4.69) is 16.2 Å². The Bertz CT molecular complexity index is 927. The molecular formula is C21H24FN3O5. The molecule has 30 heavy (non-hydrogen) atoms. The molecule has 9 heteroatoms. The molecule has 0 aromatic heterocycles. The van der Waals surface area contributed by atoms with E-state index in [-0.39, 0.29) is 11.3 Å². The summed E-state index contributed by atoms with van der Waals surface area (Å²) in [5.74, 6) is -1.97. The van der Waals surface area contributed by atoms with Crippen LogP contribution in [0.15, 0.2) is 48.5 Å². The van der Waals surface area contributed by atoms with Crippen LogP contribution in [0.3, 0.4) is 0 Å². The van der Waals surface area contributed by atoms with Crippen LogP contribution in [0.25, 0.3) is 0 Å². The predicted octanol–water partition coefficient (Wildman–Crippen LogP) is 3.40. The SMILES string of the molecule is C[C@@H](Oc1ccccc1F)C(=O)NNC(=O)c1cccc(NC(=O)OC(C)(C)C)c1. The van der Waals surface area contributed by atoms with Crippen molar-refractivity contribution in [1.29, 1.82) is 0 Å². The largest absolute Gasteiger partial charge is 0.478 e. The van der Waals surface area contributed by atoms with Crippen LogP contribution >= 0.6 is 0 Å². The van der Waals surface area contributed by atoms with E-state index < -0.39 is 35.4 Å². The van der Waals surface area contributed by atoms with E-state index in [1.54, 1.807) is 39.0 Å². The van der Waals surface area contributed by atoms with Crippen LogP contribution in [0.1, 0.15) is 38.1 Å². The predicted molar refractivity (Wildman–Crippen MR) is 108 cm³/mol. The maximum absolute atomic E-state index is 13.6. The minimum Gasteiger partial charge on any atom is -0.478 e. The molecule has 0 radical (unpaired) electrons. The number of nitrogens with one attached hydrogen (secondary N) is 3. The van der Waals surface area contributed by atoms with Gasteiger partial charge in [-0.25, -0.2) is 9.18 Å². The first-order chi connectivity index (χ1) is 14.0. The van der Waals surface area contributed by atoms with Crippen molar-refractivity contribution in [3.63, 3.8) is 0 Å². The molecule has 0 unspecified atom stereocenters. The number of halogens is 1. The number of hydrazine groups is 1. The Morgan fingerprint density at radius 1 is 1.00 bits per heavy atom. The summed E-state index contributed by atoms with van der Waals surface area (Å²) in [6.45, 7) is 6.61. The number of anilines is 1. The lowest BCUT2D eigenvalue weighted by Gasteiger charge is -2.19. The van der Waals surface area contributed by atoms with Crippen molar-refractivity contribution >= 4 is 23.6 Å². The number of carbonyl (C=O) groups is 3. The molecule has 0 fully saturated rings. The average Bonchev–Trinajstić information content (AvgIpc) is 2.66. The van der Waals surface area contributed by atoms with Crippen LogP contribution in [0, 0.1) is 5.82 Å². The fraction of sp³-hybridized carbons (Fsp3) is 0.286. The van der Waals surface area contributed by atoms with E-state index in [1.807, 2.05) is 0 Å². The fourth-order valence-corrected chi connectivity index (χ4v) is 2.24. The molecule has 0 saturated carbocycles. The standard InChI is InChI=1S/C21H24FN3O5/c1-13(29-17-11-6-5-10-16(17)22)18(26)24-25-19(27)14-8-7-9-15(12-14)23-20(28)30-21(2,3)4/h5-13H,1-4H3,(H,23,28)(H,24,26)(H,25,27)/t13-/m1/s1. The van der Waals surface area contributed by atoms with Crippen LogP contribution in [-0.2, 0) is 9.53 Å². The number of hydrogen-bond acceptors (Lipinski definition) is 5. The first kappa shape index (κ1) is 22.7. The maximum Gasteiger partial charge on any atom is 0.412 e. The van der Waals surface area contributed by atoms with E-state index in [0.717, 1.165) is 0 Å². The van der Waals surface area contributed by atoms with Gasteiger partial charge < -0.3 is 9.47 Å². The summed E-state index contributed by atoms with van der Waals surface area (Å²) in [6, 6.07) is 11.7. The quantitative estimate of drug-likeness (QED) is 0.647. The summed E-state index contributed by atoms with van der Waals surface area (Å²) in [6.07, 6.45) is -1.71. The van der Waals surface area contributed by atoms with Crippen molar-refractivity contribution in [2.24, 2.45) is 0 Å². The molecule has 0 heterocycles. The Kier molecular flexibility index (Phi) is 7.35. The van der Waals surface area contributed by atoms with Crippen molar-refractivity contribution < 1.29 is 28.2 Å². The lowest BCUT2D eigenvalue weighted by atomic mass is 10.2. The fourth-order valence-electron chi connectivity index (χ4n) is 2.24. The van der Waals surface area contributed by atoms with Gasteiger partial charge in [0.1, 0.15) is 5.60 Å². The molecule has 0 spiro atoms. The highest BCUT2D eigenvalue weighted by molar-refractivity contribution is 5.97. The summed E-state index contributed by atoms with van der Waals surface area (Å²) in [5, 5.41) is 2.53. The molecule has 0 bridgehead atoms. The zero-order chi connectivity index (χ0) is 22.3. The number of rotatable bonds is 5. The van der Waals surface area contributed by atoms with Crippen molar-refractivity contribution in [2.45, 2.75) is 39.4 Å². The van der Waals surface area contributed by atoms with Crippen LogP contribution in [0.2, 0.25) is 0 Å². The highest BCUT2D eigenvalue weighted by atomic mass is 19.1. The Hall–Kier alpha value is -3.62. The number of amides is 3. The molecule has 3 N–H and O–H groups in total. The second-order valence-electron chi connectivity index (χ2n) is 7.34. The smallest absolute Gasteiger partial charge is 0.412 e. The molecular weight excluding hydrogens is 393 g/mol. The van der Waals surface area contributed by atoms with Crippen molar-refractivity contribution in [2.75, 3.05) is 5.32 Å². The zero-order valence-electron chi connectivity index (χ0n) is 17.1. The van der Waals surface area contributed by atoms with E-state index in [0.29, 0.717) is 5.69 Å². The molecule has 0 aliphatic heterocycles. The van der Waals surface area contributed by atoms with E-state index >= 15 is 0 Å². The third kappa shape index (κ3) is 7.08. The van der Waals surface area contributed by atoms with Gasteiger partial charge in [0.25, 0.3) is 11.8 Å². The number of carbonyl (C=O) groups excluding carboxylic acids is 3. The molecule has 0 aliphatic rings. The zero-order valence-corrected chi connectivity index (χ0v) is 17.1. The lowest BCUT2D eigenvalue weighted by molar-refractivity contribution is -0.128. The van der Waals surface area contributed by atoms with Gasteiger partial charge >= 0.3 is 6.09 Å². The van der Waals surface area contributed by atoms with E-state index in [1.165, 1.54) is 37.3 Å². The van der Waals surface area contributed by atoms with Crippen LogP contribution < -0.4 is 20.9 Å². The third-order valence-corrected chi connectivity index (χ3v) is 3.58. The molecule has 0 aliphatic carbocycles. The van der Waals surface area contributed by atoms with Crippen LogP contribution in [0.5, 0.6) is 5.75 Å². The monoisotopic (exact) mass is 417 g/mol. The average molecular weight is 417 g/mol. The van der Waals surface area contributed by atoms with E-state index in [9.17, 15) is 18.8 Å². The van der Waals surface area contributed by atoms with Gasteiger partial charge in [-0.3, -0.25) is 25.8 Å². The summed E-state index contributed by atoms with van der Waals surface area (Å²) < 4.78 is 24.0. The summed E-state index contributed by atoms with van der Waals surface area (Å²) >= 11 is 0. The summed E-state index contributed by atoms with van der Waals surface area (Å²) in [5.41, 5.74) is 4.33. The molecule has 1 atom stereocenters. The summed E-state index contributed by atoms with van der Waals surface area (Å²) in [4.78, 5) is 36.2. The molecule has 160 valence electrons. The minimum atomic E-state index is -1.05. The van der Waals surface area contributed by atoms with Gasteiger partial charge in [0.05, 0.1) is 0 Å². The molecule has 3 amide bonds. The van der Waals surface area contributed by atoms with E-state index in [4.69, 9.17) is 9.47 Å². The summed E-state index contributed by atoms with van der Waals surface area (Å²) in [7, 11) is 0. The molecule has 2 aromatic carbocycles. The van der Waals surface area contributed by atoms with Crippen molar-refractivity contribution in [3.05, 3.63) is 59.9 Å². The Morgan fingerprint density at radius 2 is 1.70 bits per heavy atom. The highest BCUT2D eigenvalue weighted by Gasteiger charge is 2.18. The molecule has 2 rings (SSSR count). The second-order valence-corrected chi connectivity index (χ2v) is 7.34. The van der Waals surface area contributed by atoms with Crippen molar-refractivity contribution in [3.8, 4) is 5.75 Å².